The number of ether oxygens (including phenoxy) is 2. The maximum Gasteiger partial charge on any atom is 0.411 e. The van der Waals surface area contributed by atoms with Crippen molar-refractivity contribution in [2.45, 2.75) is 6.18 Å². The largest absolute Gasteiger partial charge is 0.484 e. The second-order valence-electron chi connectivity index (χ2n) is 6.09. The number of alkyl halides is 3. The first-order chi connectivity index (χ1) is 14.6. The Morgan fingerprint density at radius 1 is 1.16 bits per heavy atom. The van der Waals surface area contributed by atoms with E-state index in [9.17, 15) is 27.7 Å². The predicted octanol–water partition coefficient (Wildman–Crippen LogP) is 5.03. The first kappa shape index (κ1) is 22.4. The number of nitro groups is 1. The molecule has 0 bridgehead atoms. The zero-order valence-electron chi connectivity index (χ0n) is 15.4. The molecule has 0 atom stereocenters. The SMILES string of the molecule is O=[N+]([O-])c1cc2c(Nc3ccc(F)c(Cl)c3)ncnc2cc1OCCOCC(F)(F)F. The summed E-state index contributed by atoms with van der Waals surface area (Å²) < 4.78 is 59.3. The maximum atomic E-state index is 13.3. The molecule has 0 aliphatic carbocycles. The standard InChI is InChI=1S/C18H13ClF4N4O4/c19-12-5-10(1-2-13(12)20)26-17-11-6-15(27(28)29)16(7-14(11)24-9-25-17)31-4-3-30-8-18(21,22)23/h1-2,5-7,9H,3-4,8H2,(H,24,25,26). The number of hydrogen-bond acceptors (Lipinski definition) is 7. The molecule has 0 radical (unpaired) electrons. The number of aromatic nitrogens is 2. The Morgan fingerprint density at radius 2 is 1.94 bits per heavy atom. The lowest BCUT2D eigenvalue weighted by Crippen LogP contribution is -2.19. The van der Waals surface area contributed by atoms with E-state index in [1.54, 1.807) is 0 Å². The lowest BCUT2D eigenvalue weighted by Gasteiger charge is -2.12. The van der Waals surface area contributed by atoms with Crippen LogP contribution in [0.2, 0.25) is 5.02 Å². The predicted molar refractivity (Wildman–Crippen MR) is 103 cm³/mol. The van der Waals surface area contributed by atoms with Crippen molar-refractivity contribution in [2.24, 2.45) is 0 Å². The molecule has 1 N–H and O–H groups in total. The van der Waals surface area contributed by atoms with Crippen LogP contribution in [0.3, 0.4) is 0 Å². The minimum Gasteiger partial charge on any atom is -0.484 e. The Bertz CT molecular complexity index is 1110. The number of nitrogens with one attached hydrogen (secondary N) is 1. The smallest absolute Gasteiger partial charge is 0.411 e. The van der Waals surface area contributed by atoms with Crippen LogP contribution in [0.15, 0.2) is 36.7 Å². The van der Waals surface area contributed by atoms with Crippen LogP contribution in [0.1, 0.15) is 0 Å². The van der Waals surface area contributed by atoms with Crippen molar-refractivity contribution in [2.75, 3.05) is 25.1 Å². The van der Waals surface area contributed by atoms with Gasteiger partial charge in [0.25, 0.3) is 0 Å². The molecule has 3 rings (SSSR count). The van der Waals surface area contributed by atoms with E-state index >= 15 is 0 Å². The van der Waals surface area contributed by atoms with E-state index in [1.165, 1.54) is 24.5 Å². The van der Waals surface area contributed by atoms with E-state index in [4.69, 9.17) is 16.3 Å². The number of halogens is 5. The number of benzene rings is 2. The fourth-order valence-electron chi connectivity index (χ4n) is 2.54. The van der Waals surface area contributed by atoms with Crippen LogP contribution in [0.25, 0.3) is 10.9 Å². The summed E-state index contributed by atoms with van der Waals surface area (Å²) in [4.78, 5) is 18.8. The summed E-state index contributed by atoms with van der Waals surface area (Å²) in [5, 5.41) is 14.5. The number of rotatable bonds is 8. The summed E-state index contributed by atoms with van der Waals surface area (Å²) >= 11 is 5.76. The van der Waals surface area contributed by atoms with Crippen LogP contribution >= 0.6 is 11.6 Å². The van der Waals surface area contributed by atoms with Crippen molar-refractivity contribution in [3.63, 3.8) is 0 Å². The van der Waals surface area contributed by atoms with Crippen molar-refractivity contribution in [1.29, 1.82) is 0 Å². The molecule has 0 spiro atoms. The Balaban J connectivity index is 1.84. The van der Waals surface area contributed by atoms with Gasteiger partial charge in [-0.3, -0.25) is 10.1 Å². The highest BCUT2D eigenvalue weighted by Gasteiger charge is 2.27. The Morgan fingerprint density at radius 3 is 2.61 bits per heavy atom. The van der Waals surface area contributed by atoms with Gasteiger partial charge in [0.05, 0.1) is 27.5 Å². The van der Waals surface area contributed by atoms with Gasteiger partial charge >= 0.3 is 11.9 Å². The summed E-state index contributed by atoms with van der Waals surface area (Å²) in [7, 11) is 0. The Kier molecular flexibility index (Phi) is 6.71. The normalized spacial score (nSPS) is 11.5. The third-order valence-corrected chi connectivity index (χ3v) is 4.14. The van der Waals surface area contributed by atoms with Crippen LogP contribution in [-0.4, -0.2) is 40.9 Å². The molecule has 0 aliphatic rings. The third kappa shape index (κ3) is 5.89. The van der Waals surface area contributed by atoms with Gasteiger partial charge in [-0.15, -0.1) is 0 Å². The lowest BCUT2D eigenvalue weighted by molar-refractivity contribution is -0.385. The highest BCUT2D eigenvalue weighted by Crippen LogP contribution is 2.35. The van der Waals surface area contributed by atoms with E-state index in [2.05, 4.69) is 20.0 Å². The van der Waals surface area contributed by atoms with E-state index in [-0.39, 0.29) is 34.1 Å². The van der Waals surface area contributed by atoms with Crippen molar-refractivity contribution in [1.82, 2.24) is 9.97 Å². The molecule has 2 aromatic carbocycles. The fourth-order valence-corrected chi connectivity index (χ4v) is 2.72. The van der Waals surface area contributed by atoms with Gasteiger partial charge in [-0.1, -0.05) is 11.6 Å². The van der Waals surface area contributed by atoms with Crippen molar-refractivity contribution in [3.05, 3.63) is 57.6 Å². The molecule has 1 heterocycles. The quantitative estimate of drug-likeness (QED) is 0.218. The molecular weight excluding hydrogens is 448 g/mol. The molecular formula is C18H13ClF4N4O4. The van der Waals surface area contributed by atoms with Crippen LogP contribution in [0.4, 0.5) is 34.8 Å². The lowest BCUT2D eigenvalue weighted by atomic mass is 10.2. The number of fused-ring (bicyclic) bond motifs is 1. The van der Waals surface area contributed by atoms with Crippen molar-refractivity contribution in [3.8, 4) is 5.75 Å². The van der Waals surface area contributed by atoms with Gasteiger partial charge in [0.15, 0.2) is 5.75 Å². The summed E-state index contributed by atoms with van der Waals surface area (Å²) in [5.74, 6) is -0.616. The molecule has 0 saturated carbocycles. The maximum absolute atomic E-state index is 13.3. The monoisotopic (exact) mass is 460 g/mol. The number of nitro benzene ring substituents is 1. The Hall–Kier alpha value is -3.25. The van der Waals surface area contributed by atoms with Gasteiger partial charge in [0.1, 0.15) is 31.2 Å². The minimum atomic E-state index is -4.48. The zero-order valence-corrected chi connectivity index (χ0v) is 16.2. The highest BCUT2D eigenvalue weighted by atomic mass is 35.5. The number of hydrogen-bond donors (Lipinski definition) is 1. The molecule has 0 aliphatic heterocycles. The van der Waals surface area contributed by atoms with Gasteiger partial charge in [0, 0.05) is 17.8 Å². The molecule has 164 valence electrons. The topological polar surface area (TPSA) is 99.4 Å². The molecule has 13 heteroatoms. The molecule has 0 unspecified atom stereocenters. The second-order valence-corrected chi connectivity index (χ2v) is 6.49. The van der Waals surface area contributed by atoms with Crippen LogP contribution in [0.5, 0.6) is 5.75 Å². The molecule has 3 aromatic rings. The van der Waals surface area contributed by atoms with E-state index < -0.39 is 35.8 Å². The van der Waals surface area contributed by atoms with Crippen LogP contribution in [0, 0.1) is 15.9 Å². The summed E-state index contributed by atoms with van der Waals surface area (Å²) in [5.41, 5.74) is 0.206. The molecule has 0 fully saturated rings. The molecule has 8 nitrogen and oxygen atoms in total. The molecule has 1 aromatic heterocycles. The van der Waals surface area contributed by atoms with Gasteiger partial charge in [-0.05, 0) is 18.2 Å². The first-order valence-electron chi connectivity index (χ1n) is 8.56. The van der Waals surface area contributed by atoms with Crippen LogP contribution < -0.4 is 10.1 Å². The molecule has 0 saturated heterocycles. The molecule has 31 heavy (non-hydrogen) atoms. The van der Waals surface area contributed by atoms with Crippen LogP contribution in [-0.2, 0) is 4.74 Å². The van der Waals surface area contributed by atoms with Gasteiger partial charge < -0.3 is 14.8 Å². The van der Waals surface area contributed by atoms with Crippen molar-refractivity contribution < 1.29 is 32.0 Å². The highest BCUT2D eigenvalue weighted by molar-refractivity contribution is 6.31. The van der Waals surface area contributed by atoms with Gasteiger partial charge in [0.2, 0.25) is 0 Å². The second kappa shape index (κ2) is 9.27. The van der Waals surface area contributed by atoms with Gasteiger partial charge in [-0.2, -0.15) is 13.2 Å². The third-order valence-electron chi connectivity index (χ3n) is 3.85. The number of nitrogens with zero attached hydrogens (tertiary/aromatic N) is 3. The minimum absolute atomic E-state index is 0.127. The summed E-state index contributed by atoms with van der Waals surface area (Å²) in [6.07, 6.45) is -3.29. The van der Waals surface area contributed by atoms with Crippen molar-refractivity contribution >= 4 is 39.7 Å². The van der Waals surface area contributed by atoms with E-state index in [0.717, 1.165) is 12.1 Å². The summed E-state index contributed by atoms with van der Waals surface area (Å²) in [6.45, 7) is -2.21. The summed E-state index contributed by atoms with van der Waals surface area (Å²) in [6, 6.07) is 6.29. The fraction of sp³-hybridized carbons (Fsp3) is 0.222. The zero-order chi connectivity index (χ0) is 22.6. The number of anilines is 2. The average Bonchev–Trinajstić information content (AvgIpc) is 2.69. The van der Waals surface area contributed by atoms with E-state index in [1.807, 2.05) is 0 Å². The van der Waals surface area contributed by atoms with Gasteiger partial charge in [-0.25, -0.2) is 14.4 Å². The molecule has 0 amide bonds. The first-order valence-corrected chi connectivity index (χ1v) is 8.94. The Labute approximate surface area is 176 Å². The average molecular weight is 461 g/mol. The van der Waals surface area contributed by atoms with E-state index in [0.29, 0.717) is 5.69 Å².